The molecule has 6 nitrogen and oxygen atoms in total. The molecule has 0 unspecified atom stereocenters. The first-order valence-electron chi connectivity index (χ1n) is 7.86. The Labute approximate surface area is 143 Å². The Balaban J connectivity index is 1.98. The van der Waals surface area contributed by atoms with Gasteiger partial charge in [-0.2, -0.15) is 0 Å². The third-order valence-electron chi connectivity index (χ3n) is 4.15. The van der Waals surface area contributed by atoms with Crippen LogP contribution in [0.2, 0.25) is 0 Å². The lowest BCUT2D eigenvalue weighted by molar-refractivity contribution is 0.0707. The van der Waals surface area contributed by atoms with E-state index >= 15 is 0 Å². The number of hydrogen-bond donors (Lipinski definition) is 2. The molecular formula is C17H18F2N4O2. The Morgan fingerprint density at radius 1 is 1.32 bits per heavy atom. The van der Waals surface area contributed by atoms with Crippen LogP contribution >= 0.6 is 0 Å². The number of β-amino-alcohol motifs (C(OH)–C–C–N with tert-alkyl or cyclic N) is 1. The minimum absolute atomic E-state index is 0.0252. The van der Waals surface area contributed by atoms with Gasteiger partial charge in [-0.15, -0.1) is 0 Å². The van der Waals surface area contributed by atoms with Crippen molar-refractivity contribution in [3.8, 4) is 0 Å². The van der Waals surface area contributed by atoms with E-state index in [4.69, 9.17) is 0 Å². The van der Waals surface area contributed by atoms with Crippen molar-refractivity contribution in [2.75, 3.05) is 18.9 Å². The van der Waals surface area contributed by atoms with E-state index in [1.165, 1.54) is 11.0 Å². The zero-order chi connectivity index (χ0) is 18.1. The second-order valence-corrected chi connectivity index (χ2v) is 6.00. The van der Waals surface area contributed by atoms with E-state index in [-0.39, 0.29) is 30.2 Å². The summed E-state index contributed by atoms with van der Waals surface area (Å²) in [6, 6.07) is 3.86. The van der Waals surface area contributed by atoms with E-state index in [0.29, 0.717) is 5.69 Å². The van der Waals surface area contributed by atoms with Crippen LogP contribution < -0.4 is 5.32 Å². The van der Waals surface area contributed by atoms with Crippen molar-refractivity contribution >= 4 is 11.9 Å². The molecule has 1 aromatic carbocycles. The molecule has 2 aromatic rings. The van der Waals surface area contributed by atoms with Gasteiger partial charge in [-0.05, 0) is 37.6 Å². The van der Waals surface area contributed by atoms with Crippen LogP contribution in [-0.4, -0.2) is 45.6 Å². The fourth-order valence-electron chi connectivity index (χ4n) is 3.04. The molecule has 1 aromatic heterocycles. The Morgan fingerprint density at radius 3 is 2.80 bits per heavy atom. The van der Waals surface area contributed by atoms with Crippen molar-refractivity contribution in [1.82, 2.24) is 14.9 Å². The van der Waals surface area contributed by atoms with E-state index in [0.717, 1.165) is 18.2 Å². The Kier molecular flexibility index (Phi) is 4.63. The molecule has 2 heterocycles. The highest BCUT2D eigenvalue weighted by atomic mass is 19.1. The molecule has 0 bridgehead atoms. The van der Waals surface area contributed by atoms with Crippen LogP contribution in [0.15, 0.2) is 24.3 Å². The quantitative estimate of drug-likeness (QED) is 0.888. The van der Waals surface area contributed by atoms with Gasteiger partial charge in [0.1, 0.15) is 17.3 Å². The molecule has 0 radical (unpaired) electrons. The van der Waals surface area contributed by atoms with E-state index in [9.17, 15) is 18.7 Å². The molecule has 1 aliphatic rings. The Hall–Kier alpha value is -2.61. The molecule has 0 spiro atoms. The molecule has 25 heavy (non-hydrogen) atoms. The lowest BCUT2D eigenvalue weighted by Gasteiger charge is -2.25. The van der Waals surface area contributed by atoms with Crippen molar-refractivity contribution in [1.29, 1.82) is 0 Å². The smallest absolute Gasteiger partial charge is 0.273 e. The molecule has 132 valence electrons. The Bertz CT molecular complexity index is 815. The number of carbonyl (C=O) groups excluding carboxylic acids is 1. The zero-order valence-corrected chi connectivity index (χ0v) is 13.8. The summed E-state index contributed by atoms with van der Waals surface area (Å²) in [7, 11) is 1.63. The van der Waals surface area contributed by atoms with Crippen LogP contribution in [0.4, 0.5) is 14.7 Å². The summed E-state index contributed by atoms with van der Waals surface area (Å²) in [6.07, 6.45) is -0.682. The van der Waals surface area contributed by atoms with Gasteiger partial charge in [0.05, 0.1) is 12.1 Å². The van der Waals surface area contributed by atoms with Gasteiger partial charge in [0.15, 0.2) is 0 Å². The minimum atomic E-state index is -0.816. The number of likely N-dealkylation sites (tertiary alicyclic amines) is 1. The maximum atomic E-state index is 14.1. The van der Waals surface area contributed by atoms with Crippen LogP contribution in [0.25, 0.3) is 0 Å². The van der Waals surface area contributed by atoms with Gasteiger partial charge >= 0.3 is 0 Å². The number of benzene rings is 1. The number of rotatable bonds is 3. The van der Waals surface area contributed by atoms with E-state index in [2.05, 4.69) is 15.3 Å². The molecule has 1 amide bonds. The summed E-state index contributed by atoms with van der Waals surface area (Å²) < 4.78 is 27.7. The second-order valence-electron chi connectivity index (χ2n) is 6.00. The Morgan fingerprint density at radius 2 is 2.08 bits per heavy atom. The molecular weight excluding hydrogens is 330 g/mol. The summed E-state index contributed by atoms with van der Waals surface area (Å²) in [5, 5.41) is 12.8. The predicted molar refractivity (Wildman–Crippen MR) is 87.1 cm³/mol. The molecule has 1 saturated heterocycles. The first kappa shape index (κ1) is 17.2. The van der Waals surface area contributed by atoms with Gasteiger partial charge in [0.2, 0.25) is 5.95 Å². The summed E-state index contributed by atoms with van der Waals surface area (Å²) >= 11 is 0. The first-order valence-corrected chi connectivity index (χ1v) is 7.86. The third-order valence-corrected chi connectivity index (χ3v) is 4.15. The number of nitrogens with one attached hydrogen (secondary N) is 1. The number of carbonyl (C=O) groups is 1. The minimum Gasteiger partial charge on any atom is -0.391 e. The van der Waals surface area contributed by atoms with E-state index in [1.807, 2.05) is 0 Å². The molecule has 0 saturated carbocycles. The van der Waals surface area contributed by atoms with E-state index < -0.39 is 29.7 Å². The number of nitrogens with zero attached hydrogens (tertiary/aromatic N) is 3. The highest BCUT2D eigenvalue weighted by Crippen LogP contribution is 2.35. The normalized spacial score (nSPS) is 20.0. The van der Waals surface area contributed by atoms with E-state index in [1.54, 1.807) is 14.0 Å². The number of amides is 1. The summed E-state index contributed by atoms with van der Waals surface area (Å²) in [4.78, 5) is 22.5. The fourth-order valence-corrected chi connectivity index (χ4v) is 3.04. The van der Waals surface area contributed by atoms with Gasteiger partial charge in [-0.1, -0.05) is 0 Å². The molecule has 3 rings (SSSR count). The predicted octanol–water partition coefficient (Wildman–Crippen LogP) is 2.05. The standard InChI is InChI=1S/C17H18F2N4O2/c1-9-5-14(22-17(20-2)21-9)16(25)23-8-11(24)7-15(23)12-6-10(18)3-4-13(12)19/h3-6,11,15,24H,7-8H2,1-2H3,(H,20,21,22)/t11-,15+/m1/s1. The van der Waals surface area contributed by atoms with Crippen LogP contribution in [0.5, 0.6) is 0 Å². The number of aromatic nitrogens is 2. The first-order chi connectivity index (χ1) is 11.9. The number of hydrogen-bond acceptors (Lipinski definition) is 5. The number of anilines is 1. The van der Waals surface area contributed by atoms with Gasteiger partial charge in [0, 0.05) is 24.8 Å². The number of aliphatic hydroxyl groups excluding tert-OH is 1. The highest BCUT2D eigenvalue weighted by Gasteiger charge is 2.37. The lowest BCUT2D eigenvalue weighted by atomic mass is 10.0. The summed E-state index contributed by atoms with van der Waals surface area (Å²) in [5.41, 5.74) is 0.771. The second kappa shape index (κ2) is 6.72. The number of halogens is 2. The van der Waals surface area contributed by atoms with Crippen molar-refractivity contribution in [2.24, 2.45) is 0 Å². The maximum absolute atomic E-state index is 14.1. The van der Waals surface area contributed by atoms with Crippen LogP contribution in [-0.2, 0) is 0 Å². The van der Waals surface area contributed by atoms with Crippen LogP contribution in [0.1, 0.15) is 34.2 Å². The molecule has 1 fully saturated rings. The molecule has 2 atom stereocenters. The van der Waals surface area contributed by atoms with Crippen LogP contribution in [0.3, 0.4) is 0 Å². The summed E-state index contributed by atoms with van der Waals surface area (Å²) in [5.74, 6) is -1.39. The number of aliphatic hydroxyl groups is 1. The molecule has 8 heteroatoms. The third kappa shape index (κ3) is 3.43. The maximum Gasteiger partial charge on any atom is 0.273 e. The summed E-state index contributed by atoms with van der Waals surface area (Å²) in [6.45, 7) is 1.75. The largest absolute Gasteiger partial charge is 0.391 e. The van der Waals surface area contributed by atoms with Crippen LogP contribution in [0, 0.1) is 18.6 Å². The average Bonchev–Trinajstić information content (AvgIpc) is 2.97. The monoisotopic (exact) mass is 348 g/mol. The van der Waals surface area contributed by atoms with Gasteiger partial charge in [0.25, 0.3) is 5.91 Å². The zero-order valence-electron chi connectivity index (χ0n) is 13.8. The van der Waals surface area contributed by atoms with Crippen molar-refractivity contribution in [2.45, 2.75) is 25.5 Å². The fraction of sp³-hybridized carbons (Fsp3) is 0.353. The average molecular weight is 348 g/mol. The van der Waals surface area contributed by atoms with Gasteiger partial charge < -0.3 is 15.3 Å². The topological polar surface area (TPSA) is 78.4 Å². The SMILES string of the molecule is CNc1nc(C)cc(C(=O)N2C[C@H](O)C[C@H]2c2cc(F)ccc2F)n1. The molecule has 0 aliphatic carbocycles. The lowest BCUT2D eigenvalue weighted by Crippen LogP contribution is -2.33. The molecule has 2 N–H and O–H groups in total. The van der Waals surface area contributed by atoms with Crippen molar-refractivity contribution < 1.29 is 18.7 Å². The molecule has 1 aliphatic heterocycles. The van der Waals surface area contributed by atoms with Gasteiger partial charge in [-0.3, -0.25) is 4.79 Å². The van der Waals surface area contributed by atoms with Gasteiger partial charge in [-0.25, -0.2) is 18.7 Å². The number of aryl methyl sites for hydroxylation is 1. The highest BCUT2D eigenvalue weighted by molar-refractivity contribution is 5.93. The van der Waals surface area contributed by atoms with Crippen molar-refractivity contribution in [3.05, 3.63) is 52.9 Å². The van der Waals surface area contributed by atoms with Crippen molar-refractivity contribution in [3.63, 3.8) is 0 Å².